The minimum atomic E-state index is -0.267. The molecule has 0 aliphatic heterocycles. The number of aryl methyl sites for hydroxylation is 3. The van der Waals surface area contributed by atoms with Crippen molar-refractivity contribution in [1.82, 2.24) is 9.78 Å². The van der Waals surface area contributed by atoms with Crippen molar-refractivity contribution in [2.75, 3.05) is 0 Å². The zero-order valence-corrected chi connectivity index (χ0v) is 12.0. The molecule has 0 radical (unpaired) electrons. The second kappa shape index (κ2) is 5.61. The van der Waals surface area contributed by atoms with E-state index in [9.17, 15) is 4.39 Å². The van der Waals surface area contributed by atoms with Crippen molar-refractivity contribution in [1.29, 1.82) is 0 Å². The predicted molar refractivity (Wildman–Crippen MR) is 73.1 cm³/mol. The Morgan fingerprint density at radius 3 is 2.74 bits per heavy atom. The van der Waals surface area contributed by atoms with Gasteiger partial charge in [-0.2, -0.15) is 5.10 Å². The Morgan fingerprint density at radius 1 is 1.42 bits per heavy atom. The summed E-state index contributed by atoms with van der Waals surface area (Å²) in [6.45, 7) is 4.12. The highest BCUT2D eigenvalue weighted by Crippen LogP contribution is 2.24. The third kappa shape index (κ3) is 2.89. The molecule has 0 aliphatic carbocycles. The Hall–Kier alpha value is -1.55. The molecule has 3 nitrogen and oxygen atoms in total. The molecule has 0 aliphatic rings. The van der Waals surface area contributed by atoms with Gasteiger partial charge in [0.15, 0.2) is 0 Å². The highest BCUT2D eigenvalue weighted by molar-refractivity contribution is 6.31. The van der Waals surface area contributed by atoms with Crippen LogP contribution in [0.2, 0.25) is 5.02 Å². The SMILES string of the molecule is CCc1nn(C)c(COc2ccc(F)cc2C)c1Cl. The van der Waals surface area contributed by atoms with E-state index in [0.717, 1.165) is 23.4 Å². The summed E-state index contributed by atoms with van der Waals surface area (Å²) < 4.78 is 20.4. The van der Waals surface area contributed by atoms with Gasteiger partial charge in [0.1, 0.15) is 18.2 Å². The quantitative estimate of drug-likeness (QED) is 0.856. The molecule has 0 bridgehead atoms. The van der Waals surface area contributed by atoms with E-state index in [1.54, 1.807) is 17.7 Å². The van der Waals surface area contributed by atoms with Crippen LogP contribution in [0.4, 0.5) is 4.39 Å². The van der Waals surface area contributed by atoms with Crippen molar-refractivity contribution in [2.24, 2.45) is 7.05 Å². The normalized spacial score (nSPS) is 10.8. The fourth-order valence-electron chi connectivity index (χ4n) is 1.90. The van der Waals surface area contributed by atoms with Crippen LogP contribution < -0.4 is 4.74 Å². The lowest BCUT2D eigenvalue weighted by Crippen LogP contribution is -2.04. The van der Waals surface area contributed by atoms with Gasteiger partial charge < -0.3 is 4.74 Å². The zero-order valence-electron chi connectivity index (χ0n) is 11.2. The van der Waals surface area contributed by atoms with E-state index < -0.39 is 0 Å². The number of benzene rings is 1. The van der Waals surface area contributed by atoms with E-state index >= 15 is 0 Å². The van der Waals surface area contributed by atoms with E-state index in [0.29, 0.717) is 17.4 Å². The zero-order chi connectivity index (χ0) is 14.0. The number of halogens is 2. The predicted octanol–water partition coefficient (Wildman–Crippen LogP) is 3.66. The topological polar surface area (TPSA) is 27.1 Å². The first-order valence-electron chi connectivity index (χ1n) is 6.12. The molecule has 0 saturated heterocycles. The summed E-state index contributed by atoms with van der Waals surface area (Å²) in [4.78, 5) is 0. The molecule has 5 heteroatoms. The molecule has 0 spiro atoms. The molecule has 0 fully saturated rings. The van der Waals surface area contributed by atoms with Crippen molar-refractivity contribution in [2.45, 2.75) is 26.9 Å². The van der Waals surface area contributed by atoms with Crippen LogP contribution in [0.25, 0.3) is 0 Å². The lowest BCUT2D eigenvalue weighted by atomic mass is 10.2. The highest BCUT2D eigenvalue weighted by atomic mass is 35.5. The third-order valence-electron chi connectivity index (χ3n) is 3.00. The van der Waals surface area contributed by atoms with E-state index in [1.165, 1.54) is 12.1 Å². The number of hydrogen-bond acceptors (Lipinski definition) is 2. The Labute approximate surface area is 117 Å². The Kier molecular flexibility index (Phi) is 4.10. The summed E-state index contributed by atoms with van der Waals surface area (Å²) in [5.41, 5.74) is 2.44. The number of aromatic nitrogens is 2. The Bertz CT molecular complexity index is 595. The van der Waals surface area contributed by atoms with Crippen molar-refractivity contribution in [3.05, 3.63) is 46.0 Å². The minimum Gasteiger partial charge on any atom is -0.487 e. The smallest absolute Gasteiger partial charge is 0.131 e. The molecule has 2 rings (SSSR count). The second-order valence-corrected chi connectivity index (χ2v) is 4.76. The first-order valence-corrected chi connectivity index (χ1v) is 6.50. The van der Waals surface area contributed by atoms with Crippen molar-refractivity contribution >= 4 is 11.6 Å². The first-order chi connectivity index (χ1) is 9.02. The fraction of sp³-hybridized carbons (Fsp3) is 0.357. The fourth-order valence-corrected chi connectivity index (χ4v) is 2.25. The largest absolute Gasteiger partial charge is 0.487 e. The monoisotopic (exact) mass is 282 g/mol. The van der Waals surface area contributed by atoms with Gasteiger partial charge in [0.2, 0.25) is 0 Å². The molecule has 102 valence electrons. The number of nitrogens with zero attached hydrogens (tertiary/aromatic N) is 2. The van der Waals surface area contributed by atoms with Crippen LogP contribution in [0.3, 0.4) is 0 Å². The lowest BCUT2D eigenvalue weighted by Gasteiger charge is -2.09. The third-order valence-corrected chi connectivity index (χ3v) is 3.44. The summed E-state index contributed by atoms with van der Waals surface area (Å²) in [7, 11) is 1.83. The molecule has 0 unspecified atom stereocenters. The average Bonchev–Trinajstić information content (AvgIpc) is 2.64. The van der Waals surface area contributed by atoms with E-state index in [-0.39, 0.29) is 5.82 Å². The highest BCUT2D eigenvalue weighted by Gasteiger charge is 2.13. The number of ether oxygens (including phenoxy) is 1. The summed E-state index contributed by atoms with van der Waals surface area (Å²) >= 11 is 6.24. The molecule has 0 atom stereocenters. The molecule has 19 heavy (non-hydrogen) atoms. The molecule has 1 aromatic heterocycles. The summed E-state index contributed by atoms with van der Waals surface area (Å²) in [5.74, 6) is 0.383. The standard InChI is InChI=1S/C14H16ClFN2O/c1-4-11-14(15)12(18(3)17-11)8-19-13-6-5-10(16)7-9(13)2/h5-7H,4,8H2,1-3H3. The van der Waals surface area contributed by atoms with Crippen LogP contribution in [0.15, 0.2) is 18.2 Å². The molecule has 0 amide bonds. The van der Waals surface area contributed by atoms with Gasteiger partial charge in [0, 0.05) is 7.05 Å². The molecule has 0 saturated carbocycles. The van der Waals surface area contributed by atoms with Gasteiger partial charge in [-0.1, -0.05) is 18.5 Å². The van der Waals surface area contributed by atoms with Gasteiger partial charge in [0.25, 0.3) is 0 Å². The maximum absolute atomic E-state index is 13.0. The molecule has 1 aromatic carbocycles. The van der Waals surface area contributed by atoms with Gasteiger partial charge in [-0.15, -0.1) is 0 Å². The molecule has 0 N–H and O–H groups in total. The van der Waals surface area contributed by atoms with E-state index in [1.807, 2.05) is 14.0 Å². The molecule has 1 heterocycles. The summed E-state index contributed by atoms with van der Waals surface area (Å²) in [5, 5.41) is 4.97. The van der Waals surface area contributed by atoms with Gasteiger partial charge >= 0.3 is 0 Å². The second-order valence-electron chi connectivity index (χ2n) is 4.38. The van der Waals surface area contributed by atoms with Gasteiger partial charge in [0.05, 0.1) is 16.4 Å². The van der Waals surface area contributed by atoms with E-state index in [4.69, 9.17) is 16.3 Å². The van der Waals surface area contributed by atoms with Gasteiger partial charge in [-0.3, -0.25) is 4.68 Å². The van der Waals surface area contributed by atoms with Crippen LogP contribution in [-0.2, 0) is 20.1 Å². The van der Waals surface area contributed by atoms with Crippen LogP contribution in [0.1, 0.15) is 23.9 Å². The van der Waals surface area contributed by atoms with Gasteiger partial charge in [-0.25, -0.2) is 4.39 Å². The van der Waals surface area contributed by atoms with E-state index in [2.05, 4.69) is 5.10 Å². The number of rotatable bonds is 4. The maximum atomic E-state index is 13.0. The average molecular weight is 283 g/mol. The Balaban J connectivity index is 2.16. The van der Waals surface area contributed by atoms with Crippen molar-refractivity contribution in [3.63, 3.8) is 0 Å². The van der Waals surface area contributed by atoms with Crippen LogP contribution in [-0.4, -0.2) is 9.78 Å². The minimum absolute atomic E-state index is 0.267. The summed E-state index contributed by atoms with van der Waals surface area (Å²) in [6, 6.07) is 4.44. The molecule has 2 aromatic rings. The van der Waals surface area contributed by atoms with Gasteiger partial charge in [-0.05, 0) is 37.1 Å². The number of hydrogen-bond donors (Lipinski definition) is 0. The molecular weight excluding hydrogens is 267 g/mol. The summed E-state index contributed by atoms with van der Waals surface area (Å²) in [6.07, 6.45) is 0.780. The van der Waals surface area contributed by atoms with Crippen LogP contribution >= 0.6 is 11.6 Å². The van der Waals surface area contributed by atoms with Crippen LogP contribution in [0, 0.1) is 12.7 Å². The lowest BCUT2D eigenvalue weighted by molar-refractivity contribution is 0.292. The maximum Gasteiger partial charge on any atom is 0.131 e. The van der Waals surface area contributed by atoms with Crippen LogP contribution in [0.5, 0.6) is 5.75 Å². The Morgan fingerprint density at radius 2 is 2.16 bits per heavy atom. The first kappa shape index (κ1) is 13.9. The molecular formula is C14H16ClFN2O. The van der Waals surface area contributed by atoms with Crippen molar-refractivity contribution < 1.29 is 9.13 Å². The van der Waals surface area contributed by atoms with Crippen molar-refractivity contribution in [3.8, 4) is 5.75 Å².